The number of ketones is 1. The molecule has 0 aliphatic rings. The highest BCUT2D eigenvalue weighted by Gasteiger charge is 2.34. The maximum atomic E-state index is 13.3. The number of methoxy groups -OCH3 is 1. The van der Waals surface area contributed by atoms with Crippen LogP contribution in [0.15, 0.2) is 51.3 Å². The number of benzene rings is 1. The smallest absolute Gasteiger partial charge is 0.439 e. The van der Waals surface area contributed by atoms with Crippen molar-refractivity contribution in [2.45, 2.75) is 13.8 Å². The van der Waals surface area contributed by atoms with Gasteiger partial charge in [-0.15, -0.1) is 11.3 Å². The van der Waals surface area contributed by atoms with Crippen LogP contribution in [-0.4, -0.2) is 23.1 Å². The van der Waals surface area contributed by atoms with Gasteiger partial charge in [0.05, 0.1) is 18.5 Å². The van der Waals surface area contributed by atoms with Crippen molar-refractivity contribution in [1.29, 1.82) is 0 Å². The summed E-state index contributed by atoms with van der Waals surface area (Å²) in [5, 5.41) is 3.14. The number of pyridine rings is 1. The topological polar surface area (TPSA) is 115 Å². The normalized spacial score (nSPS) is 10.9. The summed E-state index contributed by atoms with van der Waals surface area (Å²) in [7, 11) is 1.55. The largest absolute Gasteiger partial charge is 0.497 e. The molecule has 0 bridgehead atoms. The average Bonchev–Trinajstić information content (AvgIpc) is 3.27. The number of ether oxygens (including phenoxy) is 1. The Morgan fingerprint density at radius 2 is 1.97 bits per heavy atom. The van der Waals surface area contributed by atoms with E-state index in [0.717, 1.165) is 22.6 Å². The van der Waals surface area contributed by atoms with Gasteiger partial charge in [0, 0.05) is 17.5 Å². The minimum atomic E-state index is -0.786. The molecule has 4 aromatic rings. The number of rotatable bonds is 5. The molecular weight excluding hydrogens is 404 g/mol. The van der Waals surface area contributed by atoms with Crippen molar-refractivity contribution in [2.75, 3.05) is 12.8 Å². The summed E-state index contributed by atoms with van der Waals surface area (Å²) >= 11 is 1.15. The zero-order valence-electron chi connectivity index (χ0n) is 16.6. The number of fused-ring (bicyclic) bond motifs is 1. The number of hydrogen-bond donors (Lipinski definition) is 2. The molecule has 1 aromatic carbocycles. The van der Waals surface area contributed by atoms with Gasteiger partial charge in [0.15, 0.2) is 0 Å². The van der Waals surface area contributed by atoms with Crippen LogP contribution in [0.1, 0.15) is 34.9 Å². The van der Waals surface area contributed by atoms with E-state index in [2.05, 4.69) is 10.3 Å². The number of aromatic nitrogens is 3. The molecule has 0 saturated heterocycles. The number of nitrogens with one attached hydrogen (secondary N) is 1. The second-order valence-corrected chi connectivity index (χ2v) is 7.85. The first kappa shape index (κ1) is 19.6. The van der Waals surface area contributed by atoms with Gasteiger partial charge in [0.1, 0.15) is 15.5 Å². The van der Waals surface area contributed by atoms with E-state index >= 15 is 0 Å². The lowest BCUT2D eigenvalue weighted by molar-refractivity contribution is -0.672. The minimum absolute atomic E-state index is 0.178. The molecule has 0 radical (unpaired) electrons. The fraction of sp³-hybridized carbons (Fsp3) is 0.143. The maximum absolute atomic E-state index is 13.3. The molecule has 3 aromatic heterocycles. The first-order valence-electron chi connectivity index (χ1n) is 9.05. The Morgan fingerprint density at radius 3 is 2.63 bits per heavy atom. The summed E-state index contributed by atoms with van der Waals surface area (Å²) < 4.78 is 11.3. The number of aromatic amines is 1. The number of allylic oxidation sites excluding steroid dienone is 1. The molecule has 0 atom stereocenters. The lowest BCUT2D eigenvalue weighted by Gasteiger charge is -1.98. The van der Waals surface area contributed by atoms with E-state index in [0.29, 0.717) is 21.7 Å². The quantitative estimate of drug-likeness (QED) is 0.376. The molecule has 8 nitrogen and oxygen atoms in total. The lowest BCUT2D eigenvalue weighted by atomic mass is 10.1. The number of anilines is 1. The zero-order chi connectivity index (χ0) is 21.4. The van der Waals surface area contributed by atoms with Crippen LogP contribution in [0.2, 0.25) is 0 Å². The highest BCUT2D eigenvalue weighted by atomic mass is 32.1. The molecule has 0 aliphatic heterocycles. The fourth-order valence-electron chi connectivity index (χ4n) is 3.04. The summed E-state index contributed by atoms with van der Waals surface area (Å²) in [6.07, 6.45) is 1.94. The summed E-state index contributed by atoms with van der Waals surface area (Å²) in [4.78, 5) is 31.0. The number of H-pyrrole nitrogens is 1. The predicted molar refractivity (Wildman–Crippen MR) is 114 cm³/mol. The third-order valence-electron chi connectivity index (χ3n) is 4.45. The molecule has 0 amide bonds. The van der Waals surface area contributed by atoms with Crippen LogP contribution in [0, 0.1) is 0 Å². The number of nitrogens with two attached hydrogens (primary N) is 1. The van der Waals surface area contributed by atoms with Gasteiger partial charge < -0.3 is 10.5 Å². The van der Waals surface area contributed by atoms with Gasteiger partial charge in [-0.3, -0.25) is 9.32 Å². The number of carbonyl (C=O) groups is 1. The van der Waals surface area contributed by atoms with Gasteiger partial charge in [0.25, 0.3) is 5.78 Å². The average molecular weight is 423 g/mol. The van der Waals surface area contributed by atoms with E-state index in [4.69, 9.17) is 15.0 Å². The zero-order valence-corrected chi connectivity index (χ0v) is 17.4. The summed E-state index contributed by atoms with van der Waals surface area (Å²) in [5.74, 6) is 0.107. The Kier molecular flexibility index (Phi) is 4.96. The third-order valence-corrected chi connectivity index (χ3v) is 5.56. The number of hydrogen-bond acceptors (Lipinski definition) is 7. The number of thiophene rings is 1. The third kappa shape index (κ3) is 3.39. The van der Waals surface area contributed by atoms with Crippen molar-refractivity contribution in [3.8, 4) is 11.4 Å². The summed E-state index contributed by atoms with van der Waals surface area (Å²) in [6.45, 7) is 3.96. The van der Waals surface area contributed by atoms with Crippen molar-refractivity contribution in [3.63, 3.8) is 0 Å². The highest BCUT2D eigenvalue weighted by Crippen LogP contribution is 2.33. The Bertz CT molecular complexity index is 1340. The Hall–Kier alpha value is -3.72. The van der Waals surface area contributed by atoms with Crippen LogP contribution < -0.4 is 20.8 Å². The Morgan fingerprint density at radius 1 is 1.23 bits per heavy atom. The van der Waals surface area contributed by atoms with Crippen molar-refractivity contribution in [2.24, 2.45) is 0 Å². The number of nitrogens with zero attached hydrogens (tertiary/aromatic N) is 2. The number of carbonyl (C=O) groups excluding carboxylic acids is 1. The first-order valence-corrected chi connectivity index (χ1v) is 9.87. The van der Waals surface area contributed by atoms with Gasteiger partial charge >= 0.3 is 11.3 Å². The standard InChI is InChI=1S/C21H18N4O4S/c1-11(2)10-12-4-9-15-16(22)19(30-20(15)23-12)18(26)17-21(27)29-24-25(17)13-5-7-14(28-3)8-6-13/h4-10H,1-3H3,(H2-,22,24,26,27)/p+1. The molecule has 0 fully saturated rings. The lowest BCUT2D eigenvalue weighted by Crippen LogP contribution is -2.41. The van der Waals surface area contributed by atoms with E-state index in [-0.39, 0.29) is 16.3 Å². The SMILES string of the molecule is COc1ccc(-[n+]2[nH]oc(=O)c2C(=O)c2sc3nc(C=C(C)C)ccc3c2N)cc1. The van der Waals surface area contributed by atoms with Crippen LogP contribution in [0.3, 0.4) is 0 Å². The number of nitrogen functional groups attached to an aromatic ring is 1. The van der Waals surface area contributed by atoms with Crippen molar-refractivity contribution in [1.82, 2.24) is 10.3 Å². The van der Waals surface area contributed by atoms with Gasteiger partial charge in [0.2, 0.25) is 5.69 Å². The molecule has 0 spiro atoms. The maximum Gasteiger partial charge on any atom is 0.439 e. The molecule has 152 valence electrons. The van der Waals surface area contributed by atoms with E-state index in [1.165, 1.54) is 4.68 Å². The summed E-state index contributed by atoms with van der Waals surface area (Å²) in [5.41, 5.74) is 7.98. The van der Waals surface area contributed by atoms with Gasteiger partial charge in [-0.25, -0.2) is 9.78 Å². The van der Waals surface area contributed by atoms with Gasteiger partial charge in [-0.2, -0.15) is 0 Å². The van der Waals surface area contributed by atoms with Crippen LogP contribution in [0.5, 0.6) is 5.75 Å². The van der Waals surface area contributed by atoms with Gasteiger partial charge in [-0.05, 0) is 54.1 Å². The van der Waals surface area contributed by atoms with E-state index in [1.807, 2.05) is 32.1 Å². The predicted octanol–water partition coefficient (Wildman–Crippen LogP) is 3.10. The summed E-state index contributed by atoms with van der Waals surface area (Å²) in [6, 6.07) is 10.5. The fourth-order valence-corrected chi connectivity index (χ4v) is 4.09. The minimum Gasteiger partial charge on any atom is -0.497 e. The van der Waals surface area contributed by atoms with Crippen LogP contribution in [0.25, 0.3) is 22.0 Å². The highest BCUT2D eigenvalue weighted by molar-refractivity contribution is 7.21. The van der Waals surface area contributed by atoms with E-state index in [9.17, 15) is 9.59 Å². The molecule has 4 rings (SSSR count). The van der Waals surface area contributed by atoms with Crippen LogP contribution >= 0.6 is 11.3 Å². The Balaban J connectivity index is 1.81. The molecule has 0 saturated carbocycles. The molecule has 30 heavy (non-hydrogen) atoms. The molecule has 0 aliphatic carbocycles. The van der Waals surface area contributed by atoms with E-state index in [1.54, 1.807) is 31.4 Å². The van der Waals surface area contributed by atoms with Crippen molar-refractivity contribution < 1.29 is 18.7 Å². The van der Waals surface area contributed by atoms with Crippen LogP contribution in [0.4, 0.5) is 5.69 Å². The first-order chi connectivity index (χ1) is 14.4. The molecule has 0 unspecified atom stereocenters. The second kappa shape index (κ2) is 7.60. The van der Waals surface area contributed by atoms with E-state index < -0.39 is 11.4 Å². The second-order valence-electron chi connectivity index (χ2n) is 6.85. The van der Waals surface area contributed by atoms with Crippen molar-refractivity contribution >= 4 is 39.1 Å². The Labute approximate surface area is 175 Å². The van der Waals surface area contributed by atoms with Gasteiger partial charge in [-0.1, -0.05) is 5.57 Å². The molecule has 3 heterocycles. The van der Waals surface area contributed by atoms with Crippen LogP contribution in [-0.2, 0) is 0 Å². The molecule has 3 N–H and O–H groups in total. The molecular formula is C21H19N4O4S+. The monoisotopic (exact) mass is 423 g/mol. The van der Waals surface area contributed by atoms with Crippen molar-refractivity contribution in [3.05, 3.63) is 68.7 Å². The molecule has 9 heteroatoms.